The van der Waals surface area contributed by atoms with Crippen LogP contribution in [-0.4, -0.2) is 23.4 Å². The minimum atomic E-state index is -4.31. The van der Waals surface area contributed by atoms with Gasteiger partial charge in [0.05, 0.1) is 5.52 Å². The van der Waals surface area contributed by atoms with Crippen LogP contribution >= 0.6 is 0 Å². The molecule has 21 heavy (non-hydrogen) atoms. The number of nitrogens with zero attached hydrogens (tertiary/aromatic N) is 1. The van der Waals surface area contributed by atoms with Crippen molar-refractivity contribution in [2.24, 2.45) is 5.73 Å². The number of benzene rings is 1. The smallest absolute Gasteiger partial charge is 0.351 e. The Morgan fingerprint density at radius 1 is 1.29 bits per heavy atom. The third kappa shape index (κ3) is 4.22. The van der Waals surface area contributed by atoms with E-state index in [-0.39, 0.29) is 12.8 Å². The minimum absolute atomic E-state index is 0.0420. The zero-order valence-corrected chi connectivity index (χ0v) is 11.9. The standard InChI is InChI=1S/C15H19F3N2O/c1-2-12(19)7-11-8-20(10-21-9-15(16,17)18)14-6-4-3-5-13(11)14/h3-6,8,12H,2,7,9-10,19H2,1H3. The summed E-state index contributed by atoms with van der Waals surface area (Å²) in [6, 6.07) is 7.62. The Morgan fingerprint density at radius 2 is 2.00 bits per heavy atom. The molecular weight excluding hydrogens is 281 g/mol. The zero-order chi connectivity index (χ0) is 15.5. The van der Waals surface area contributed by atoms with E-state index in [1.54, 1.807) is 4.57 Å². The topological polar surface area (TPSA) is 40.2 Å². The van der Waals surface area contributed by atoms with Gasteiger partial charge in [0, 0.05) is 17.6 Å². The number of ether oxygens (including phenoxy) is 1. The maximum Gasteiger partial charge on any atom is 0.411 e. The van der Waals surface area contributed by atoms with Gasteiger partial charge in [0.25, 0.3) is 0 Å². The van der Waals surface area contributed by atoms with Crippen molar-refractivity contribution in [3.8, 4) is 0 Å². The van der Waals surface area contributed by atoms with Gasteiger partial charge in [-0.2, -0.15) is 13.2 Å². The molecule has 1 heterocycles. The van der Waals surface area contributed by atoms with Gasteiger partial charge in [-0.25, -0.2) is 0 Å². The molecule has 0 spiro atoms. The third-order valence-corrected chi connectivity index (χ3v) is 3.37. The Hall–Kier alpha value is -1.53. The molecule has 0 amide bonds. The van der Waals surface area contributed by atoms with E-state index in [0.29, 0.717) is 6.42 Å². The number of aromatic nitrogens is 1. The SMILES string of the molecule is CCC(N)Cc1cn(COCC(F)(F)F)c2ccccc12. The number of fused-ring (bicyclic) bond motifs is 1. The third-order valence-electron chi connectivity index (χ3n) is 3.37. The van der Waals surface area contributed by atoms with Crippen LogP contribution in [0.3, 0.4) is 0 Å². The lowest BCUT2D eigenvalue weighted by molar-refractivity contribution is -0.181. The highest BCUT2D eigenvalue weighted by Gasteiger charge is 2.27. The predicted octanol–water partition coefficient (Wildman–Crippen LogP) is 3.46. The molecule has 0 saturated heterocycles. The second-order valence-corrected chi connectivity index (χ2v) is 5.11. The Morgan fingerprint density at radius 3 is 2.67 bits per heavy atom. The summed E-state index contributed by atoms with van der Waals surface area (Å²) in [5, 5.41) is 1.01. The fourth-order valence-corrected chi connectivity index (χ4v) is 2.28. The van der Waals surface area contributed by atoms with Gasteiger partial charge in [-0.1, -0.05) is 25.1 Å². The number of hydrogen-bond donors (Lipinski definition) is 1. The molecule has 2 aromatic rings. The quantitative estimate of drug-likeness (QED) is 0.887. The van der Waals surface area contributed by atoms with Crippen molar-refractivity contribution < 1.29 is 17.9 Å². The second-order valence-electron chi connectivity index (χ2n) is 5.11. The molecule has 2 rings (SSSR count). The lowest BCUT2D eigenvalue weighted by atomic mass is 10.0. The fourth-order valence-electron chi connectivity index (χ4n) is 2.28. The van der Waals surface area contributed by atoms with Crippen LogP contribution < -0.4 is 5.73 Å². The number of alkyl halides is 3. The molecule has 0 saturated carbocycles. The lowest BCUT2D eigenvalue weighted by Gasteiger charge is -2.09. The molecule has 1 atom stereocenters. The highest BCUT2D eigenvalue weighted by atomic mass is 19.4. The van der Waals surface area contributed by atoms with E-state index in [9.17, 15) is 13.2 Å². The number of halogens is 3. The molecule has 2 N–H and O–H groups in total. The van der Waals surface area contributed by atoms with Crippen LogP contribution in [0.1, 0.15) is 18.9 Å². The van der Waals surface area contributed by atoms with Crippen LogP contribution in [0.4, 0.5) is 13.2 Å². The number of hydrogen-bond acceptors (Lipinski definition) is 2. The first-order valence-corrected chi connectivity index (χ1v) is 6.87. The van der Waals surface area contributed by atoms with Gasteiger partial charge < -0.3 is 15.0 Å². The Bertz CT molecular complexity index is 592. The van der Waals surface area contributed by atoms with E-state index in [2.05, 4.69) is 0 Å². The zero-order valence-electron chi connectivity index (χ0n) is 11.9. The van der Waals surface area contributed by atoms with Crippen molar-refractivity contribution in [3.63, 3.8) is 0 Å². The van der Waals surface area contributed by atoms with Gasteiger partial charge in [-0.05, 0) is 24.5 Å². The van der Waals surface area contributed by atoms with Gasteiger partial charge >= 0.3 is 6.18 Å². The summed E-state index contributed by atoms with van der Waals surface area (Å²) in [4.78, 5) is 0. The predicted molar refractivity (Wildman–Crippen MR) is 75.9 cm³/mol. The van der Waals surface area contributed by atoms with Crippen LogP contribution in [0.25, 0.3) is 10.9 Å². The van der Waals surface area contributed by atoms with E-state index < -0.39 is 12.8 Å². The lowest BCUT2D eigenvalue weighted by Crippen LogP contribution is -2.21. The van der Waals surface area contributed by atoms with Crippen molar-refractivity contribution in [1.82, 2.24) is 4.57 Å². The van der Waals surface area contributed by atoms with Crippen LogP contribution in [0.2, 0.25) is 0 Å². The molecular formula is C15H19F3N2O. The van der Waals surface area contributed by atoms with Gasteiger partial charge in [-0.3, -0.25) is 0 Å². The molecule has 0 aliphatic heterocycles. The molecule has 116 valence electrons. The molecule has 0 aliphatic rings. The van der Waals surface area contributed by atoms with Crippen molar-refractivity contribution in [2.75, 3.05) is 6.61 Å². The summed E-state index contributed by atoms with van der Waals surface area (Å²) in [5.41, 5.74) is 7.87. The Kier molecular flexibility index (Phi) is 4.90. The summed E-state index contributed by atoms with van der Waals surface area (Å²) in [6.07, 6.45) is -0.930. The van der Waals surface area contributed by atoms with Crippen molar-refractivity contribution >= 4 is 10.9 Å². The van der Waals surface area contributed by atoms with Crippen molar-refractivity contribution in [2.45, 2.75) is 38.7 Å². The fraction of sp³-hybridized carbons (Fsp3) is 0.467. The molecule has 6 heteroatoms. The average Bonchev–Trinajstić information content (AvgIpc) is 2.76. The summed E-state index contributed by atoms with van der Waals surface area (Å²) < 4.78 is 42.9. The van der Waals surface area contributed by atoms with E-state index in [1.165, 1.54) is 0 Å². The number of nitrogens with two attached hydrogens (primary N) is 1. The van der Waals surface area contributed by atoms with E-state index in [1.807, 2.05) is 37.4 Å². The molecule has 0 bridgehead atoms. The summed E-state index contributed by atoms with van der Waals surface area (Å²) in [7, 11) is 0. The highest BCUT2D eigenvalue weighted by Crippen LogP contribution is 2.23. The molecule has 1 unspecified atom stereocenters. The summed E-state index contributed by atoms with van der Waals surface area (Å²) >= 11 is 0. The largest absolute Gasteiger partial charge is 0.411 e. The molecule has 3 nitrogen and oxygen atoms in total. The van der Waals surface area contributed by atoms with Gasteiger partial charge in [0.15, 0.2) is 0 Å². The van der Waals surface area contributed by atoms with Crippen LogP contribution in [0, 0.1) is 0 Å². The second kappa shape index (κ2) is 6.49. The average molecular weight is 300 g/mol. The van der Waals surface area contributed by atoms with Crippen molar-refractivity contribution in [3.05, 3.63) is 36.0 Å². The summed E-state index contributed by atoms with van der Waals surface area (Å²) in [6.45, 7) is 0.640. The van der Waals surface area contributed by atoms with E-state index in [0.717, 1.165) is 22.9 Å². The molecule has 0 fully saturated rings. The molecule has 0 aliphatic carbocycles. The number of para-hydroxylation sites is 1. The Balaban J connectivity index is 2.19. The Labute approximate surface area is 121 Å². The molecule has 0 radical (unpaired) electrons. The van der Waals surface area contributed by atoms with Crippen molar-refractivity contribution in [1.29, 1.82) is 0 Å². The van der Waals surface area contributed by atoms with Crippen LogP contribution in [-0.2, 0) is 17.9 Å². The van der Waals surface area contributed by atoms with E-state index in [4.69, 9.17) is 10.5 Å². The van der Waals surface area contributed by atoms with Gasteiger partial charge in [0.2, 0.25) is 0 Å². The maximum atomic E-state index is 12.1. The normalized spacial score (nSPS) is 13.8. The van der Waals surface area contributed by atoms with Crippen LogP contribution in [0.15, 0.2) is 30.5 Å². The van der Waals surface area contributed by atoms with Gasteiger partial charge in [-0.15, -0.1) is 0 Å². The first-order valence-electron chi connectivity index (χ1n) is 6.87. The monoisotopic (exact) mass is 300 g/mol. The number of rotatable bonds is 6. The highest BCUT2D eigenvalue weighted by molar-refractivity contribution is 5.84. The van der Waals surface area contributed by atoms with Gasteiger partial charge in [0.1, 0.15) is 13.3 Å². The minimum Gasteiger partial charge on any atom is -0.351 e. The maximum absolute atomic E-state index is 12.1. The first kappa shape index (κ1) is 15.9. The molecule has 1 aromatic heterocycles. The van der Waals surface area contributed by atoms with E-state index >= 15 is 0 Å². The van der Waals surface area contributed by atoms with Crippen LogP contribution in [0.5, 0.6) is 0 Å². The summed E-state index contributed by atoms with van der Waals surface area (Å²) in [5.74, 6) is 0. The molecule has 1 aromatic carbocycles. The first-order chi connectivity index (χ1) is 9.90.